The molecule has 3 aromatic rings. The number of anilines is 1. The fourth-order valence-electron chi connectivity index (χ4n) is 4.45. The highest BCUT2D eigenvalue weighted by Crippen LogP contribution is 2.31. The maximum atomic E-state index is 13.2. The molecule has 36 heavy (non-hydrogen) atoms. The number of fused-ring (bicyclic) bond motifs is 1. The summed E-state index contributed by atoms with van der Waals surface area (Å²) < 4.78 is 24.6. The first-order valence-corrected chi connectivity index (χ1v) is 12.2. The summed E-state index contributed by atoms with van der Waals surface area (Å²) in [7, 11) is 0. The van der Waals surface area contributed by atoms with Crippen molar-refractivity contribution < 1.29 is 28.6 Å². The van der Waals surface area contributed by atoms with E-state index in [0.717, 1.165) is 61.3 Å². The molecular weight excluding hydrogens is 461 g/mol. The largest absolute Gasteiger partial charge is 0.493 e. The summed E-state index contributed by atoms with van der Waals surface area (Å²) in [6.45, 7) is 4.03. The molecule has 0 spiro atoms. The molecule has 0 atom stereocenters. The van der Waals surface area contributed by atoms with E-state index in [4.69, 9.17) is 14.6 Å². The van der Waals surface area contributed by atoms with Crippen LogP contribution in [0.15, 0.2) is 60.7 Å². The van der Waals surface area contributed by atoms with E-state index in [2.05, 4.69) is 11.8 Å². The van der Waals surface area contributed by atoms with Gasteiger partial charge in [0.1, 0.15) is 17.3 Å². The van der Waals surface area contributed by atoms with E-state index in [9.17, 15) is 14.0 Å². The van der Waals surface area contributed by atoms with Crippen molar-refractivity contribution in [2.24, 2.45) is 0 Å². The van der Waals surface area contributed by atoms with Gasteiger partial charge in [0.05, 0.1) is 6.61 Å². The third-order valence-electron chi connectivity index (χ3n) is 6.18. The molecule has 0 saturated heterocycles. The molecule has 0 fully saturated rings. The Labute approximate surface area is 210 Å². The number of carboxylic acids is 1. The number of halogens is 1. The average Bonchev–Trinajstić information content (AvgIpc) is 3.28. The van der Waals surface area contributed by atoms with Crippen LogP contribution in [0.3, 0.4) is 0 Å². The van der Waals surface area contributed by atoms with Crippen molar-refractivity contribution in [2.75, 3.05) is 31.2 Å². The van der Waals surface area contributed by atoms with Crippen LogP contribution in [0.4, 0.5) is 10.1 Å². The Morgan fingerprint density at radius 1 is 1.00 bits per heavy atom. The number of aliphatic carboxylic acids is 1. The van der Waals surface area contributed by atoms with Crippen LogP contribution in [0.5, 0.6) is 11.5 Å². The molecule has 0 amide bonds. The first-order valence-electron chi connectivity index (χ1n) is 12.2. The van der Waals surface area contributed by atoms with Gasteiger partial charge in [0.25, 0.3) is 0 Å². The Kier molecular flexibility index (Phi) is 8.21. The Bertz CT molecular complexity index is 1220. The van der Waals surface area contributed by atoms with Crippen LogP contribution in [-0.4, -0.2) is 43.2 Å². The number of carbonyl (C=O) groups is 2. The molecular formula is C29H30FNO5. The van der Waals surface area contributed by atoms with Gasteiger partial charge < -0.3 is 19.5 Å². The summed E-state index contributed by atoms with van der Waals surface area (Å²) in [4.78, 5) is 25.8. The number of benzene rings is 3. The summed E-state index contributed by atoms with van der Waals surface area (Å²) >= 11 is 0. The molecule has 0 aliphatic carbocycles. The van der Waals surface area contributed by atoms with Crippen molar-refractivity contribution in [3.63, 3.8) is 0 Å². The SMILES string of the molecule is CCCc1cc(C(=O)c2ccc(F)cc2)ccc1OCCCN1CCc2cc(OCC(=O)O)ccc21. The first kappa shape index (κ1) is 25.2. The number of hydrogen-bond donors (Lipinski definition) is 1. The second-order valence-electron chi connectivity index (χ2n) is 8.82. The van der Waals surface area contributed by atoms with Crippen LogP contribution in [0.1, 0.15) is 46.8 Å². The second-order valence-corrected chi connectivity index (χ2v) is 8.82. The number of carbonyl (C=O) groups excluding carboxylic acids is 1. The monoisotopic (exact) mass is 491 g/mol. The Morgan fingerprint density at radius 3 is 2.53 bits per heavy atom. The van der Waals surface area contributed by atoms with Crippen molar-refractivity contribution in [3.05, 3.63) is 88.7 Å². The minimum absolute atomic E-state index is 0.136. The number of ether oxygens (including phenoxy) is 2. The van der Waals surface area contributed by atoms with Gasteiger partial charge in [-0.15, -0.1) is 0 Å². The Balaban J connectivity index is 1.33. The Hall–Kier alpha value is -3.87. The van der Waals surface area contributed by atoms with Crippen LogP contribution in [-0.2, 0) is 17.6 Å². The molecule has 3 aromatic carbocycles. The van der Waals surface area contributed by atoms with Crippen LogP contribution < -0.4 is 14.4 Å². The fraction of sp³-hybridized carbons (Fsp3) is 0.310. The van der Waals surface area contributed by atoms with Crippen LogP contribution in [0.2, 0.25) is 0 Å². The van der Waals surface area contributed by atoms with Crippen molar-refractivity contribution in [3.8, 4) is 11.5 Å². The smallest absolute Gasteiger partial charge is 0.341 e. The second kappa shape index (κ2) is 11.7. The predicted octanol–water partition coefficient (Wildman–Crippen LogP) is 5.30. The predicted molar refractivity (Wildman–Crippen MR) is 136 cm³/mol. The molecule has 6 nitrogen and oxygen atoms in total. The third-order valence-corrected chi connectivity index (χ3v) is 6.18. The molecule has 0 saturated carbocycles. The number of aryl methyl sites for hydroxylation is 1. The van der Waals surface area contributed by atoms with Gasteiger partial charge in [-0.2, -0.15) is 0 Å². The molecule has 7 heteroatoms. The maximum Gasteiger partial charge on any atom is 0.341 e. The molecule has 4 rings (SSSR count). The van der Waals surface area contributed by atoms with Gasteiger partial charge >= 0.3 is 5.97 Å². The lowest BCUT2D eigenvalue weighted by Crippen LogP contribution is -2.23. The average molecular weight is 492 g/mol. The van der Waals surface area contributed by atoms with E-state index < -0.39 is 5.97 Å². The van der Waals surface area contributed by atoms with Crippen LogP contribution in [0, 0.1) is 5.82 Å². The molecule has 1 aliphatic rings. The minimum Gasteiger partial charge on any atom is -0.493 e. The summed E-state index contributed by atoms with van der Waals surface area (Å²) in [5.74, 6) is -0.133. The number of hydrogen-bond acceptors (Lipinski definition) is 5. The highest BCUT2D eigenvalue weighted by molar-refractivity contribution is 6.09. The van der Waals surface area contributed by atoms with E-state index >= 15 is 0 Å². The summed E-state index contributed by atoms with van der Waals surface area (Å²) in [5, 5.41) is 8.78. The van der Waals surface area contributed by atoms with Crippen LogP contribution >= 0.6 is 0 Å². The van der Waals surface area contributed by atoms with E-state index in [-0.39, 0.29) is 18.2 Å². The van der Waals surface area contributed by atoms with Crippen LogP contribution in [0.25, 0.3) is 0 Å². The van der Waals surface area contributed by atoms with Gasteiger partial charge in [0, 0.05) is 29.9 Å². The van der Waals surface area contributed by atoms with Gasteiger partial charge in [0.15, 0.2) is 12.4 Å². The molecule has 1 aliphatic heterocycles. The normalized spacial score (nSPS) is 12.3. The zero-order valence-electron chi connectivity index (χ0n) is 20.3. The first-order chi connectivity index (χ1) is 17.4. The summed E-state index contributed by atoms with van der Waals surface area (Å²) in [5.41, 5.74) is 4.32. The lowest BCUT2D eigenvalue weighted by molar-refractivity contribution is -0.139. The van der Waals surface area contributed by atoms with Crippen molar-refractivity contribution in [1.82, 2.24) is 0 Å². The standard InChI is InChI=1S/C29H30FNO5/c1-2-4-22-17-23(29(34)20-5-8-24(30)9-6-20)7-12-27(22)35-16-3-14-31-15-13-21-18-25(10-11-26(21)31)36-19-28(32)33/h5-12,17-18H,2-4,13-16,19H2,1H3,(H,32,33). The van der Waals surface area contributed by atoms with E-state index in [1.54, 1.807) is 6.07 Å². The van der Waals surface area contributed by atoms with E-state index in [1.807, 2.05) is 30.3 Å². The molecule has 1 N–H and O–H groups in total. The van der Waals surface area contributed by atoms with Gasteiger partial charge in [0.2, 0.25) is 0 Å². The van der Waals surface area contributed by atoms with Gasteiger partial charge in [-0.05, 0) is 91.1 Å². The Morgan fingerprint density at radius 2 is 1.78 bits per heavy atom. The molecule has 1 heterocycles. The molecule has 188 valence electrons. The van der Waals surface area contributed by atoms with E-state index in [0.29, 0.717) is 23.5 Å². The molecule has 0 bridgehead atoms. The van der Waals surface area contributed by atoms with E-state index in [1.165, 1.54) is 24.3 Å². The van der Waals surface area contributed by atoms with Crippen molar-refractivity contribution in [2.45, 2.75) is 32.6 Å². The molecule has 0 radical (unpaired) electrons. The lowest BCUT2D eigenvalue weighted by Gasteiger charge is -2.20. The molecule has 0 aromatic heterocycles. The highest BCUT2D eigenvalue weighted by atomic mass is 19.1. The van der Waals surface area contributed by atoms with Crippen molar-refractivity contribution in [1.29, 1.82) is 0 Å². The number of nitrogens with zero attached hydrogens (tertiary/aromatic N) is 1. The highest BCUT2D eigenvalue weighted by Gasteiger charge is 2.19. The third kappa shape index (κ3) is 6.22. The van der Waals surface area contributed by atoms with Gasteiger partial charge in [-0.1, -0.05) is 13.3 Å². The van der Waals surface area contributed by atoms with Gasteiger partial charge in [-0.3, -0.25) is 4.79 Å². The minimum atomic E-state index is -0.992. The lowest BCUT2D eigenvalue weighted by atomic mass is 9.99. The summed E-state index contributed by atoms with van der Waals surface area (Å²) in [6, 6.07) is 16.8. The maximum absolute atomic E-state index is 13.2. The quantitative estimate of drug-likeness (QED) is 0.274. The number of rotatable bonds is 12. The summed E-state index contributed by atoms with van der Waals surface area (Å²) in [6.07, 6.45) is 3.45. The zero-order chi connectivity index (χ0) is 25.5. The topological polar surface area (TPSA) is 76.1 Å². The van der Waals surface area contributed by atoms with Gasteiger partial charge in [-0.25, -0.2) is 9.18 Å². The number of carboxylic acid groups (broad SMARTS) is 1. The zero-order valence-corrected chi connectivity index (χ0v) is 20.3. The molecule has 0 unspecified atom stereocenters. The number of ketones is 1. The van der Waals surface area contributed by atoms with Crippen molar-refractivity contribution >= 4 is 17.4 Å². The fourth-order valence-corrected chi connectivity index (χ4v) is 4.45.